The first-order valence-corrected chi connectivity index (χ1v) is 9.35. The van der Waals surface area contributed by atoms with E-state index >= 15 is 0 Å². The first-order valence-electron chi connectivity index (χ1n) is 9.35. The fourth-order valence-corrected chi connectivity index (χ4v) is 2.61. The van der Waals surface area contributed by atoms with Crippen molar-refractivity contribution in [2.75, 3.05) is 25.6 Å². The molecule has 2 aromatic carbocycles. The van der Waals surface area contributed by atoms with E-state index in [-0.39, 0.29) is 12.5 Å². The van der Waals surface area contributed by atoms with Crippen LogP contribution < -0.4 is 20.1 Å². The SMILES string of the molecule is COc1cccc(CNCCC(C)C)c1OCC(=O)Nc1ccc(C)cc1. The molecule has 2 aromatic rings. The average molecular weight is 370 g/mol. The van der Waals surface area contributed by atoms with E-state index in [0.29, 0.717) is 24.0 Å². The fourth-order valence-electron chi connectivity index (χ4n) is 2.61. The van der Waals surface area contributed by atoms with Crippen LogP contribution in [-0.4, -0.2) is 26.2 Å². The van der Waals surface area contributed by atoms with Crippen LogP contribution in [0.1, 0.15) is 31.4 Å². The number of hydrogen-bond acceptors (Lipinski definition) is 4. The average Bonchev–Trinajstić information content (AvgIpc) is 2.65. The van der Waals surface area contributed by atoms with Gasteiger partial charge in [0.25, 0.3) is 5.91 Å². The van der Waals surface area contributed by atoms with Crippen LogP contribution in [0.25, 0.3) is 0 Å². The highest BCUT2D eigenvalue weighted by Gasteiger charge is 2.13. The largest absolute Gasteiger partial charge is 0.493 e. The molecule has 27 heavy (non-hydrogen) atoms. The van der Waals surface area contributed by atoms with Crippen molar-refractivity contribution in [3.8, 4) is 11.5 Å². The summed E-state index contributed by atoms with van der Waals surface area (Å²) in [6.07, 6.45) is 1.11. The molecule has 5 nitrogen and oxygen atoms in total. The van der Waals surface area contributed by atoms with Crippen LogP contribution in [-0.2, 0) is 11.3 Å². The summed E-state index contributed by atoms with van der Waals surface area (Å²) in [6.45, 7) is 7.93. The molecule has 0 aromatic heterocycles. The Morgan fingerprint density at radius 1 is 1.11 bits per heavy atom. The predicted octanol–water partition coefficient (Wildman–Crippen LogP) is 4.16. The Morgan fingerprint density at radius 3 is 2.52 bits per heavy atom. The number of ether oxygens (including phenoxy) is 2. The van der Waals surface area contributed by atoms with Gasteiger partial charge in [0, 0.05) is 17.8 Å². The van der Waals surface area contributed by atoms with Gasteiger partial charge in [-0.05, 0) is 44.0 Å². The van der Waals surface area contributed by atoms with E-state index in [2.05, 4.69) is 24.5 Å². The van der Waals surface area contributed by atoms with Crippen molar-refractivity contribution in [2.24, 2.45) is 5.92 Å². The first-order chi connectivity index (χ1) is 13.0. The maximum atomic E-state index is 12.2. The molecule has 0 fully saturated rings. The van der Waals surface area contributed by atoms with Gasteiger partial charge in [-0.1, -0.05) is 43.7 Å². The van der Waals surface area contributed by atoms with Gasteiger partial charge in [0.15, 0.2) is 18.1 Å². The highest BCUT2D eigenvalue weighted by Crippen LogP contribution is 2.31. The number of anilines is 1. The molecule has 0 saturated carbocycles. The topological polar surface area (TPSA) is 59.6 Å². The maximum absolute atomic E-state index is 12.2. The summed E-state index contributed by atoms with van der Waals surface area (Å²) in [5, 5.41) is 6.26. The molecule has 0 heterocycles. The first kappa shape index (κ1) is 20.8. The number of carbonyl (C=O) groups is 1. The van der Waals surface area contributed by atoms with Crippen LogP contribution >= 0.6 is 0 Å². The summed E-state index contributed by atoms with van der Waals surface area (Å²) in [5.74, 6) is 1.69. The summed E-state index contributed by atoms with van der Waals surface area (Å²) in [5.41, 5.74) is 2.87. The molecule has 5 heteroatoms. The number of nitrogens with one attached hydrogen (secondary N) is 2. The normalized spacial score (nSPS) is 10.7. The maximum Gasteiger partial charge on any atom is 0.262 e. The summed E-state index contributed by atoms with van der Waals surface area (Å²) >= 11 is 0. The van der Waals surface area contributed by atoms with Crippen molar-refractivity contribution < 1.29 is 14.3 Å². The lowest BCUT2D eigenvalue weighted by Crippen LogP contribution is -2.22. The summed E-state index contributed by atoms with van der Waals surface area (Å²) in [7, 11) is 1.60. The van der Waals surface area contributed by atoms with Crippen molar-refractivity contribution in [2.45, 2.75) is 33.7 Å². The fraction of sp³-hybridized carbons (Fsp3) is 0.409. The van der Waals surface area contributed by atoms with E-state index in [1.54, 1.807) is 7.11 Å². The van der Waals surface area contributed by atoms with Crippen molar-refractivity contribution in [3.63, 3.8) is 0 Å². The van der Waals surface area contributed by atoms with Crippen molar-refractivity contribution in [1.29, 1.82) is 0 Å². The Kier molecular flexibility index (Phi) is 8.14. The highest BCUT2D eigenvalue weighted by molar-refractivity contribution is 5.91. The van der Waals surface area contributed by atoms with E-state index < -0.39 is 0 Å². The minimum Gasteiger partial charge on any atom is -0.493 e. The zero-order valence-corrected chi connectivity index (χ0v) is 16.7. The third kappa shape index (κ3) is 6.94. The molecule has 0 bridgehead atoms. The van der Waals surface area contributed by atoms with Gasteiger partial charge >= 0.3 is 0 Å². The van der Waals surface area contributed by atoms with Crippen molar-refractivity contribution in [3.05, 3.63) is 53.6 Å². The Morgan fingerprint density at radius 2 is 1.85 bits per heavy atom. The summed E-state index contributed by atoms with van der Waals surface area (Å²) in [4.78, 5) is 12.2. The van der Waals surface area contributed by atoms with Gasteiger partial charge in [-0.25, -0.2) is 0 Å². The van der Waals surface area contributed by atoms with E-state index in [0.717, 1.165) is 29.8 Å². The van der Waals surface area contributed by atoms with Gasteiger partial charge in [0.1, 0.15) is 0 Å². The lowest BCUT2D eigenvalue weighted by Gasteiger charge is -2.16. The minimum absolute atomic E-state index is 0.0761. The molecule has 0 aliphatic rings. The van der Waals surface area contributed by atoms with Crippen molar-refractivity contribution >= 4 is 11.6 Å². The van der Waals surface area contributed by atoms with Gasteiger partial charge < -0.3 is 20.1 Å². The molecule has 2 rings (SSSR count). The number of benzene rings is 2. The molecular weight excluding hydrogens is 340 g/mol. The smallest absolute Gasteiger partial charge is 0.262 e. The van der Waals surface area contributed by atoms with Gasteiger partial charge in [-0.3, -0.25) is 4.79 Å². The Labute approximate surface area is 162 Å². The number of methoxy groups -OCH3 is 1. The number of hydrogen-bond donors (Lipinski definition) is 2. The molecule has 146 valence electrons. The molecular formula is C22H30N2O3. The molecule has 0 saturated heterocycles. The number of rotatable bonds is 10. The van der Waals surface area contributed by atoms with E-state index in [9.17, 15) is 4.79 Å². The molecule has 2 N–H and O–H groups in total. The quantitative estimate of drug-likeness (QED) is 0.617. The van der Waals surface area contributed by atoms with Gasteiger partial charge in [0.2, 0.25) is 0 Å². The Hall–Kier alpha value is -2.53. The van der Waals surface area contributed by atoms with Crippen LogP contribution in [0.3, 0.4) is 0 Å². The molecule has 0 aliphatic heterocycles. The molecule has 0 radical (unpaired) electrons. The van der Waals surface area contributed by atoms with Gasteiger partial charge in [-0.15, -0.1) is 0 Å². The number of para-hydroxylation sites is 1. The minimum atomic E-state index is -0.205. The van der Waals surface area contributed by atoms with Crippen LogP contribution in [0.5, 0.6) is 11.5 Å². The summed E-state index contributed by atoms with van der Waals surface area (Å²) in [6, 6.07) is 13.4. The Balaban J connectivity index is 1.96. The van der Waals surface area contributed by atoms with Crippen LogP contribution in [0.2, 0.25) is 0 Å². The number of aryl methyl sites for hydroxylation is 1. The number of amides is 1. The van der Waals surface area contributed by atoms with E-state index in [1.165, 1.54) is 0 Å². The number of carbonyl (C=O) groups excluding carboxylic acids is 1. The molecule has 0 aliphatic carbocycles. The second-order valence-corrected chi connectivity index (χ2v) is 7.01. The lowest BCUT2D eigenvalue weighted by atomic mass is 10.1. The molecule has 1 amide bonds. The summed E-state index contributed by atoms with van der Waals surface area (Å²) < 4.78 is 11.2. The van der Waals surface area contributed by atoms with Crippen LogP contribution in [0.4, 0.5) is 5.69 Å². The Bertz CT molecular complexity index is 727. The molecule has 0 atom stereocenters. The molecule has 0 spiro atoms. The zero-order valence-electron chi connectivity index (χ0n) is 16.7. The van der Waals surface area contributed by atoms with Crippen LogP contribution in [0, 0.1) is 12.8 Å². The van der Waals surface area contributed by atoms with E-state index in [1.807, 2.05) is 49.4 Å². The second kappa shape index (κ2) is 10.6. The van der Waals surface area contributed by atoms with Crippen molar-refractivity contribution in [1.82, 2.24) is 5.32 Å². The van der Waals surface area contributed by atoms with Crippen LogP contribution in [0.15, 0.2) is 42.5 Å². The third-order valence-electron chi connectivity index (χ3n) is 4.18. The van der Waals surface area contributed by atoms with Gasteiger partial charge in [-0.2, -0.15) is 0 Å². The van der Waals surface area contributed by atoms with E-state index in [4.69, 9.17) is 9.47 Å². The standard InChI is InChI=1S/C22H30N2O3/c1-16(2)12-13-23-14-18-6-5-7-20(26-4)22(18)27-15-21(25)24-19-10-8-17(3)9-11-19/h5-11,16,23H,12-15H2,1-4H3,(H,24,25). The molecule has 0 unspecified atom stereocenters. The van der Waals surface area contributed by atoms with Gasteiger partial charge in [0.05, 0.1) is 7.11 Å². The predicted molar refractivity (Wildman–Crippen MR) is 109 cm³/mol. The third-order valence-corrected chi connectivity index (χ3v) is 4.18. The second-order valence-electron chi connectivity index (χ2n) is 7.01. The monoisotopic (exact) mass is 370 g/mol. The highest BCUT2D eigenvalue weighted by atomic mass is 16.5. The zero-order chi connectivity index (χ0) is 19.6. The lowest BCUT2D eigenvalue weighted by molar-refractivity contribution is -0.118.